The zero-order valence-corrected chi connectivity index (χ0v) is 12.9. The van der Waals surface area contributed by atoms with Crippen LogP contribution < -0.4 is 0 Å². The van der Waals surface area contributed by atoms with Crippen LogP contribution in [0, 0.1) is 0 Å². The molecule has 2 nitrogen and oxygen atoms in total. The van der Waals surface area contributed by atoms with Gasteiger partial charge in [0, 0.05) is 6.08 Å². The Labute approximate surface area is 124 Å². The van der Waals surface area contributed by atoms with Crippen molar-refractivity contribution < 1.29 is 9.90 Å². The summed E-state index contributed by atoms with van der Waals surface area (Å²) in [5.41, 5.74) is 0. The van der Waals surface area contributed by atoms with Crippen molar-refractivity contribution in [2.45, 2.75) is 71.1 Å². The maximum atomic E-state index is 10.2. The lowest BCUT2D eigenvalue weighted by atomic mass is 10.1. The number of carboxylic acids is 1. The van der Waals surface area contributed by atoms with Gasteiger partial charge in [-0.15, -0.1) is 0 Å². The highest BCUT2D eigenvalue weighted by Crippen LogP contribution is 2.07. The molecule has 0 unspecified atom stereocenters. The van der Waals surface area contributed by atoms with Crippen LogP contribution in [0.2, 0.25) is 0 Å². The largest absolute Gasteiger partial charge is 0.478 e. The maximum Gasteiger partial charge on any atom is 0.327 e. The fourth-order valence-electron chi connectivity index (χ4n) is 1.93. The van der Waals surface area contributed by atoms with E-state index in [-0.39, 0.29) is 0 Å². The quantitative estimate of drug-likeness (QED) is 0.268. The monoisotopic (exact) mass is 278 g/mol. The van der Waals surface area contributed by atoms with Gasteiger partial charge in [-0.3, -0.25) is 0 Å². The molecular weight excluding hydrogens is 248 g/mol. The summed E-state index contributed by atoms with van der Waals surface area (Å²) in [5, 5.41) is 8.40. The lowest BCUT2D eigenvalue weighted by molar-refractivity contribution is -0.131. The van der Waals surface area contributed by atoms with Crippen LogP contribution in [0.25, 0.3) is 0 Å². The molecule has 2 heteroatoms. The highest BCUT2D eigenvalue weighted by atomic mass is 16.4. The van der Waals surface area contributed by atoms with E-state index in [1.54, 1.807) is 6.08 Å². The second-order valence-electron chi connectivity index (χ2n) is 5.05. The fraction of sp³-hybridized carbons (Fsp3) is 0.611. The number of hydrogen-bond acceptors (Lipinski definition) is 1. The van der Waals surface area contributed by atoms with Crippen molar-refractivity contribution >= 4 is 5.97 Å². The molecule has 114 valence electrons. The number of rotatable bonds is 13. The Bertz CT molecular complexity index is 301. The van der Waals surface area contributed by atoms with Gasteiger partial charge in [-0.05, 0) is 32.1 Å². The normalized spacial score (nSPS) is 12.1. The number of carbonyl (C=O) groups is 1. The van der Waals surface area contributed by atoms with Gasteiger partial charge in [0.1, 0.15) is 0 Å². The van der Waals surface area contributed by atoms with Gasteiger partial charge in [-0.1, -0.05) is 69.4 Å². The summed E-state index contributed by atoms with van der Waals surface area (Å²) in [5.74, 6) is -0.869. The Hall–Kier alpha value is -1.31. The molecule has 0 radical (unpaired) electrons. The minimum Gasteiger partial charge on any atom is -0.478 e. The van der Waals surface area contributed by atoms with Crippen molar-refractivity contribution in [2.24, 2.45) is 0 Å². The Balaban J connectivity index is 3.28. The molecular formula is C18H30O2. The van der Waals surface area contributed by atoms with Gasteiger partial charge < -0.3 is 5.11 Å². The van der Waals surface area contributed by atoms with E-state index in [4.69, 9.17) is 5.11 Å². The summed E-state index contributed by atoms with van der Waals surface area (Å²) in [4.78, 5) is 10.2. The van der Waals surface area contributed by atoms with Gasteiger partial charge in [0.05, 0.1) is 0 Å². The summed E-state index contributed by atoms with van der Waals surface area (Å²) in [7, 11) is 0. The van der Waals surface area contributed by atoms with E-state index in [0.717, 1.165) is 19.3 Å². The molecule has 0 amide bonds. The first-order valence-electron chi connectivity index (χ1n) is 7.96. The van der Waals surface area contributed by atoms with Crippen LogP contribution in [0.15, 0.2) is 36.5 Å². The smallest absolute Gasteiger partial charge is 0.327 e. The van der Waals surface area contributed by atoms with Crippen molar-refractivity contribution in [3.8, 4) is 0 Å². The van der Waals surface area contributed by atoms with Crippen molar-refractivity contribution in [2.75, 3.05) is 0 Å². The first kappa shape index (κ1) is 18.7. The van der Waals surface area contributed by atoms with E-state index < -0.39 is 5.97 Å². The standard InChI is InChI=1S/C18H30O2/c1-2-3-4-5-6-7-8-9-10-11-12-13-14-15-16-17-18(19)20/h9-10,12-13,16-17H,2-8,11,14-15H2,1H3,(H,19,20). The summed E-state index contributed by atoms with van der Waals surface area (Å²) >= 11 is 0. The molecule has 0 aliphatic rings. The average molecular weight is 278 g/mol. The molecule has 0 aromatic rings. The molecule has 0 aliphatic heterocycles. The Morgan fingerprint density at radius 1 is 0.800 bits per heavy atom. The van der Waals surface area contributed by atoms with Crippen LogP contribution in [0.5, 0.6) is 0 Å². The number of unbranched alkanes of at least 4 members (excludes halogenated alkanes) is 7. The van der Waals surface area contributed by atoms with Gasteiger partial charge in [0.25, 0.3) is 0 Å². The molecule has 0 aliphatic carbocycles. The summed E-state index contributed by atoms with van der Waals surface area (Å²) in [6, 6.07) is 0. The van der Waals surface area contributed by atoms with E-state index in [1.165, 1.54) is 51.0 Å². The Morgan fingerprint density at radius 3 is 2.10 bits per heavy atom. The van der Waals surface area contributed by atoms with Gasteiger partial charge in [-0.2, -0.15) is 0 Å². The molecule has 0 saturated carbocycles. The van der Waals surface area contributed by atoms with Gasteiger partial charge in [0.15, 0.2) is 0 Å². The predicted octanol–water partition coefficient (Wildman–Crippen LogP) is 5.66. The minimum atomic E-state index is -0.869. The second kappa shape index (κ2) is 15.7. The lowest BCUT2D eigenvalue weighted by Crippen LogP contribution is -1.85. The fourth-order valence-corrected chi connectivity index (χ4v) is 1.93. The molecule has 0 atom stereocenters. The average Bonchev–Trinajstić information content (AvgIpc) is 2.43. The summed E-state index contributed by atoms with van der Waals surface area (Å²) in [6.45, 7) is 2.25. The Morgan fingerprint density at radius 2 is 1.40 bits per heavy atom. The van der Waals surface area contributed by atoms with Gasteiger partial charge in [0.2, 0.25) is 0 Å². The molecule has 1 N–H and O–H groups in total. The highest BCUT2D eigenvalue weighted by molar-refractivity contribution is 5.79. The van der Waals surface area contributed by atoms with Crippen molar-refractivity contribution in [1.29, 1.82) is 0 Å². The topological polar surface area (TPSA) is 37.3 Å². The number of allylic oxidation sites excluding steroid dienone is 5. The summed E-state index contributed by atoms with van der Waals surface area (Å²) < 4.78 is 0. The lowest BCUT2D eigenvalue weighted by Gasteiger charge is -1.97. The van der Waals surface area contributed by atoms with E-state index in [1.807, 2.05) is 0 Å². The van der Waals surface area contributed by atoms with E-state index in [2.05, 4.69) is 31.2 Å². The number of aliphatic carboxylic acids is 1. The highest BCUT2D eigenvalue weighted by Gasteiger charge is 1.87. The van der Waals surface area contributed by atoms with Crippen LogP contribution >= 0.6 is 0 Å². The SMILES string of the molecule is CCCCCCCCC=CCC=CCCC=CC(=O)O. The third-order valence-electron chi connectivity index (χ3n) is 3.09. The number of hydrogen-bond donors (Lipinski definition) is 1. The molecule has 0 saturated heterocycles. The molecule has 0 aromatic carbocycles. The van der Waals surface area contributed by atoms with Crippen LogP contribution in [-0.4, -0.2) is 11.1 Å². The first-order valence-corrected chi connectivity index (χ1v) is 7.96. The van der Waals surface area contributed by atoms with Crippen LogP contribution in [0.4, 0.5) is 0 Å². The summed E-state index contributed by atoms with van der Waals surface area (Å²) in [6.07, 6.45) is 23.7. The van der Waals surface area contributed by atoms with Crippen molar-refractivity contribution in [3.05, 3.63) is 36.5 Å². The van der Waals surface area contributed by atoms with Gasteiger partial charge in [-0.25, -0.2) is 4.79 Å². The van der Waals surface area contributed by atoms with E-state index in [9.17, 15) is 4.79 Å². The van der Waals surface area contributed by atoms with Crippen molar-refractivity contribution in [1.82, 2.24) is 0 Å². The zero-order chi connectivity index (χ0) is 14.9. The third kappa shape index (κ3) is 16.7. The minimum absolute atomic E-state index is 0.796. The van der Waals surface area contributed by atoms with Crippen LogP contribution in [-0.2, 0) is 4.79 Å². The van der Waals surface area contributed by atoms with Crippen LogP contribution in [0.3, 0.4) is 0 Å². The third-order valence-corrected chi connectivity index (χ3v) is 3.09. The maximum absolute atomic E-state index is 10.2. The zero-order valence-electron chi connectivity index (χ0n) is 12.9. The number of carboxylic acid groups (broad SMARTS) is 1. The molecule has 0 spiro atoms. The second-order valence-corrected chi connectivity index (χ2v) is 5.05. The van der Waals surface area contributed by atoms with E-state index in [0.29, 0.717) is 0 Å². The van der Waals surface area contributed by atoms with E-state index >= 15 is 0 Å². The van der Waals surface area contributed by atoms with Crippen molar-refractivity contribution in [3.63, 3.8) is 0 Å². The predicted molar refractivity (Wildman–Crippen MR) is 86.9 cm³/mol. The molecule has 0 rings (SSSR count). The molecule has 0 aromatic heterocycles. The molecule has 0 heterocycles. The Kier molecular flexibility index (Phi) is 14.7. The van der Waals surface area contributed by atoms with Gasteiger partial charge >= 0.3 is 5.97 Å². The first-order chi connectivity index (χ1) is 9.77. The molecule has 0 bridgehead atoms. The molecule has 0 fully saturated rings. The van der Waals surface area contributed by atoms with Crippen LogP contribution in [0.1, 0.15) is 71.1 Å². The molecule has 20 heavy (non-hydrogen) atoms.